The van der Waals surface area contributed by atoms with E-state index in [1.807, 2.05) is 0 Å². The van der Waals surface area contributed by atoms with Crippen molar-refractivity contribution in [3.05, 3.63) is 12.2 Å². The van der Waals surface area contributed by atoms with E-state index < -0.39 is 5.92 Å². The lowest BCUT2D eigenvalue weighted by molar-refractivity contribution is -0.151. The highest BCUT2D eigenvalue weighted by molar-refractivity contribution is 7.99. The van der Waals surface area contributed by atoms with Gasteiger partial charge in [-0.05, 0) is 83.8 Å². The van der Waals surface area contributed by atoms with E-state index in [1.54, 1.807) is 11.8 Å². The predicted molar refractivity (Wildman–Crippen MR) is 240 cm³/mol. The minimum absolute atomic E-state index is 0.0691. The van der Waals surface area contributed by atoms with Crippen LogP contribution in [-0.2, 0) is 23.9 Å². The lowest BCUT2D eigenvalue weighted by Crippen LogP contribution is -2.44. The third kappa shape index (κ3) is 32.4. The first-order valence-corrected chi connectivity index (χ1v) is 25.1. The van der Waals surface area contributed by atoms with E-state index in [0.717, 1.165) is 51.6 Å². The molecule has 56 heavy (non-hydrogen) atoms. The van der Waals surface area contributed by atoms with Gasteiger partial charge in [-0.15, -0.1) is 0 Å². The number of hydrogen-bond donors (Lipinski definition) is 1. The third-order valence-corrected chi connectivity index (χ3v) is 12.6. The summed E-state index contributed by atoms with van der Waals surface area (Å²) in [5.41, 5.74) is 0. The number of esters is 2. The fourth-order valence-corrected chi connectivity index (χ4v) is 8.58. The third-order valence-electron chi connectivity index (χ3n) is 11.4. The van der Waals surface area contributed by atoms with E-state index in [-0.39, 0.29) is 30.3 Å². The van der Waals surface area contributed by atoms with Crippen LogP contribution >= 0.6 is 11.8 Å². The Morgan fingerprint density at radius 1 is 0.679 bits per heavy atom. The molecule has 0 aromatic heterocycles. The van der Waals surface area contributed by atoms with Crippen molar-refractivity contribution >= 4 is 29.6 Å². The van der Waals surface area contributed by atoms with E-state index in [4.69, 9.17) is 9.47 Å². The summed E-state index contributed by atoms with van der Waals surface area (Å²) in [4.78, 5) is 41.4. The lowest BCUT2D eigenvalue weighted by atomic mass is 9.95. The minimum atomic E-state index is -0.516. The Bertz CT molecular complexity index is 954. The van der Waals surface area contributed by atoms with E-state index in [2.05, 4.69) is 50.2 Å². The van der Waals surface area contributed by atoms with Gasteiger partial charge in [0.2, 0.25) is 5.91 Å². The van der Waals surface area contributed by atoms with Gasteiger partial charge in [0.15, 0.2) is 0 Å². The fraction of sp³-hybridized carbons (Fsp3) is 0.896. The van der Waals surface area contributed by atoms with Gasteiger partial charge in [-0.3, -0.25) is 14.4 Å². The molecule has 328 valence electrons. The highest BCUT2D eigenvalue weighted by atomic mass is 32.2. The Kier molecular flexibility index (Phi) is 36.5. The van der Waals surface area contributed by atoms with Crippen LogP contribution in [0.25, 0.3) is 0 Å². The number of nitrogens with zero attached hydrogens (tertiary/aromatic N) is 1. The Hall–Kier alpha value is -1.54. The zero-order chi connectivity index (χ0) is 40.7. The molecule has 1 aliphatic heterocycles. The maximum Gasteiger partial charge on any atom is 0.310 e. The van der Waals surface area contributed by atoms with Gasteiger partial charge in [0.25, 0.3) is 0 Å². The summed E-state index contributed by atoms with van der Waals surface area (Å²) in [6.07, 6.45) is 39.3. The van der Waals surface area contributed by atoms with Crippen molar-refractivity contribution in [1.82, 2.24) is 10.2 Å². The van der Waals surface area contributed by atoms with Crippen LogP contribution in [0.3, 0.4) is 0 Å². The van der Waals surface area contributed by atoms with Gasteiger partial charge in [-0.1, -0.05) is 155 Å². The number of carbonyl (C=O) groups is 3. The first-order valence-electron chi connectivity index (χ1n) is 23.9. The zero-order valence-corrected chi connectivity index (χ0v) is 38.1. The highest BCUT2D eigenvalue weighted by Gasteiger charge is 2.27. The van der Waals surface area contributed by atoms with Crippen LogP contribution < -0.4 is 5.32 Å². The molecule has 0 spiro atoms. The number of likely N-dealkylation sites (tertiary alicyclic amines) is 1. The number of carbonyl (C=O) groups excluding carboxylic acids is 3. The summed E-state index contributed by atoms with van der Waals surface area (Å²) < 4.78 is 11.5. The number of unbranched alkanes of at least 4 members (excludes halogenated alkanes) is 20. The first kappa shape index (κ1) is 52.5. The molecule has 0 saturated carbocycles. The van der Waals surface area contributed by atoms with E-state index in [9.17, 15) is 14.4 Å². The van der Waals surface area contributed by atoms with Gasteiger partial charge < -0.3 is 19.7 Å². The molecule has 1 fully saturated rings. The minimum Gasteiger partial charge on any atom is -0.466 e. The van der Waals surface area contributed by atoms with Crippen LogP contribution in [0.5, 0.6) is 0 Å². The van der Waals surface area contributed by atoms with Crippen LogP contribution in [-0.4, -0.2) is 73.6 Å². The summed E-state index contributed by atoms with van der Waals surface area (Å²) >= 11 is 1.56. The summed E-state index contributed by atoms with van der Waals surface area (Å²) in [5.74, 6) is 0.402. The van der Waals surface area contributed by atoms with Gasteiger partial charge in [-0.2, -0.15) is 11.8 Å². The number of rotatable bonds is 39. The second-order valence-corrected chi connectivity index (χ2v) is 18.1. The molecule has 1 saturated heterocycles. The highest BCUT2D eigenvalue weighted by Crippen LogP contribution is 2.22. The molecule has 0 bridgehead atoms. The Morgan fingerprint density at radius 2 is 1.18 bits per heavy atom. The van der Waals surface area contributed by atoms with Crippen LogP contribution in [0.2, 0.25) is 0 Å². The molecule has 1 amide bonds. The van der Waals surface area contributed by atoms with Crippen molar-refractivity contribution in [3.63, 3.8) is 0 Å². The number of allylic oxidation sites excluding steroid dienone is 2. The summed E-state index contributed by atoms with van der Waals surface area (Å²) in [5, 5.41) is 3.19. The van der Waals surface area contributed by atoms with E-state index in [1.165, 1.54) is 141 Å². The molecular formula is C48H90N2O5S. The van der Waals surface area contributed by atoms with Crippen LogP contribution in [0, 0.1) is 11.8 Å². The standard InChI is InChI=1S/C48H90N2O5S/c1-5-8-11-14-16-17-18-19-20-21-22-23-24-25-27-30-38-54-47(52)35-39-56-42-44(40-46(51)49-45-33-36-50(4)37-34-45)48(53)55-41-43(31-28-13-10-7-3)32-29-26-15-12-9-6-2/h19-20,43-45H,5-18,21-42H2,1-4H3,(H,49,51)/b20-19-. The number of piperidine rings is 1. The van der Waals surface area contributed by atoms with E-state index >= 15 is 0 Å². The van der Waals surface area contributed by atoms with Crippen molar-refractivity contribution in [2.24, 2.45) is 11.8 Å². The molecule has 7 nitrogen and oxygen atoms in total. The average Bonchev–Trinajstić information content (AvgIpc) is 3.19. The molecular weight excluding hydrogens is 717 g/mol. The molecule has 2 unspecified atom stereocenters. The number of hydrogen-bond acceptors (Lipinski definition) is 7. The average molecular weight is 807 g/mol. The molecule has 0 aromatic carbocycles. The van der Waals surface area contributed by atoms with Gasteiger partial charge in [0.05, 0.1) is 25.6 Å². The van der Waals surface area contributed by atoms with Crippen molar-refractivity contribution in [3.8, 4) is 0 Å². The monoisotopic (exact) mass is 807 g/mol. The molecule has 2 atom stereocenters. The molecule has 0 aliphatic carbocycles. The molecule has 1 aliphatic rings. The normalized spacial score (nSPS) is 14.9. The second kappa shape index (κ2) is 38.9. The van der Waals surface area contributed by atoms with Crippen molar-refractivity contribution in [1.29, 1.82) is 0 Å². The lowest BCUT2D eigenvalue weighted by Gasteiger charge is -2.29. The maximum absolute atomic E-state index is 13.5. The SMILES string of the molecule is CCCCCCCC/C=C\CCCCCCCCOC(=O)CCSCC(CC(=O)NC1CCN(C)CC1)C(=O)OCC(CCCCCC)CCCCCCCC. The Balaban J connectivity index is 2.39. The van der Waals surface area contributed by atoms with Gasteiger partial charge in [-0.25, -0.2) is 0 Å². The van der Waals surface area contributed by atoms with Gasteiger partial charge in [0.1, 0.15) is 0 Å². The first-order chi connectivity index (χ1) is 27.4. The van der Waals surface area contributed by atoms with Crippen LogP contribution in [0.15, 0.2) is 12.2 Å². The fourth-order valence-electron chi connectivity index (χ4n) is 7.56. The quantitative estimate of drug-likeness (QED) is 0.0376. The molecule has 1 N–H and O–H groups in total. The smallest absolute Gasteiger partial charge is 0.310 e. The van der Waals surface area contributed by atoms with Crippen molar-refractivity contribution in [2.75, 3.05) is 44.9 Å². The largest absolute Gasteiger partial charge is 0.466 e. The van der Waals surface area contributed by atoms with E-state index in [0.29, 0.717) is 37.1 Å². The summed E-state index contributed by atoms with van der Waals surface area (Å²) in [7, 11) is 2.11. The van der Waals surface area contributed by atoms with Crippen LogP contribution in [0.1, 0.15) is 213 Å². The van der Waals surface area contributed by atoms with Crippen LogP contribution in [0.4, 0.5) is 0 Å². The maximum atomic E-state index is 13.5. The summed E-state index contributed by atoms with van der Waals surface area (Å²) in [6.45, 7) is 9.62. The van der Waals surface area contributed by atoms with Gasteiger partial charge >= 0.3 is 11.9 Å². The van der Waals surface area contributed by atoms with Crippen molar-refractivity contribution < 1.29 is 23.9 Å². The Morgan fingerprint density at radius 3 is 1.75 bits per heavy atom. The topological polar surface area (TPSA) is 84.9 Å². The molecule has 1 heterocycles. The molecule has 0 aromatic rings. The number of nitrogens with one attached hydrogen (secondary N) is 1. The van der Waals surface area contributed by atoms with Crippen molar-refractivity contribution in [2.45, 2.75) is 219 Å². The summed E-state index contributed by atoms with van der Waals surface area (Å²) in [6, 6.07) is 0.161. The number of amides is 1. The molecule has 0 radical (unpaired) electrons. The second-order valence-electron chi connectivity index (χ2n) is 16.9. The zero-order valence-electron chi connectivity index (χ0n) is 37.2. The predicted octanol–water partition coefficient (Wildman–Crippen LogP) is 12.8. The van der Waals surface area contributed by atoms with Gasteiger partial charge in [0, 0.05) is 24.0 Å². The number of thioether (sulfide) groups is 1. The molecule has 1 rings (SSSR count). The Labute approximate surface area is 350 Å². The number of ether oxygens (including phenoxy) is 2. The molecule has 8 heteroatoms.